The molecule has 1 fully saturated rings. The molecule has 1 heterocycles. The van der Waals surface area contributed by atoms with Crippen molar-refractivity contribution in [3.63, 3.8) is 0 Å². The van der Waals surface area contributed by atoms with Gasteiger partial charge in [-0.05, 0) is 37.9 Å². The number of piperidine rings is 1. The summed E-state index contributed by atoms with van der Waals surface area (Å²) >= 11 is 0. The Bertz CT molecular complexity index is 473. The molecule has 5 nitrogen and oxygen atoms in total. The van der Waals surface area contributed by atoms with E-state index in [0.29, 0.717) is 18.1 Å². The van der Waals surface area contributed by atoms with Gasteiger partial charge in [-0.25, -0.2) is 4.39 Å². The molecular weight excluding hydrogens is 251 g/mol. The van der Waals surface area contributed by atoms with Crippen molar-refractivity contribution in [2.45, 2.75) is 19.8 Å². The average Bonchev–Trinajstić information content (AvgIpc) is 2.40. The number of nitrogens with one attached hydrogen (secondary N) is 1. The van der Waals surface area contributed by atoms with Crippen molar-refractivity contribution in [2.24, 2.45) is 5.92 Å². The van der Waals surface area contributed by atoms with Crippen molar-refractivity contribution >= 4 is 5.69 Å². The second-order valence-corrected chi connectivity index (χ2v) is 4.85. The lowest BCUT2D eigenvalue weighted by Crippen LogP contribution is -2.33. The molecule has 104 valence electrons. The van der Waals surface area contributed by atoms with E-state index in [-0.39, 0.29) is 11.4 Å². The Morgan fingerprint density at radius 3 is 3.00 bits per heavy atom. The van der Waals surface area contributed by atoms with Crippen LogP contribution in [0.3, 0.4) is 0 Å². The van der Waals surface area contributed by atoms with Gasteiger partial charge in [-0.3, -0.25) is 10.1 Å². The third-order valence-corrected chi connectivity index (χ3v) is 3.31. The molecule has 1 saturated heterocycles. The van der Waals surface area contributed by atoms with Crippen LogP contribution < -0.4 is 10.1 Å². The van der Waals surface area contributed by atoms with Gasteiger partial charge in [-0.1, -0.05) is 0 Å². The minimum atomic E-state index is -0.614. The van der Waals surface area contributed by atoms with Crippen molar-refractivity contribution < 1.29 is 14.1 Å². The molecule has 0 amide bonds. The van der Waals surface area contributed by atoms with Crippen LogP contribution in [0, 0.1) is 28.8 Å². The number of hydrogen-bond donors (Lipinski definition) is 1. The smallest absolute Gasteiger partial charge is 0.313 e. The Morgan fingerprint density at radius 2 is 2.37 bits per heavy atom. The molecule has 1 aromatic rings. The molecule has 1 aromatic carbocycles. The van der Waals surface area contributed by atoms with Gasteiger partial charge < -0.3 is 10.1 Å². The fourth-order valence-electron chi connectivity index (χ4n) is 2.18. The molecule has 1 N–H and O–H groups in total. The fraction of sp³-hybridized carbons (Fsp3) is 0.538. The number of rotatable bonds is 4. The van der Waals surface area contributed by atoms with Crippen LogP contribution in [0.5, 0.6) is 5.75 Å². The summed E-state index contributed by atoms with van der Waals surface area (Å²) in [4.78, 5) is 10.3. The topological polar surface area (TPSA) is 64.4 Å². The Labute approximate surface area is 110 Å². The van der Waals surface area contributed by atoms with Gasteiger partial charge in [-0.15, -0.1) is 0 Å². The van der Waals surface area contributed by atoms with Gasteiger partial charge in [0.2, 0.25) is 0 Å². The van der Waals surface area contributed by atoms with Gasteiger partial charge in [0.05, 0.1) is 17.6 Å². The van der Waals surface area contributed by atoms with Crippen LogP contribution in [0.2, 0.25) is 0 Å². The average molecular weight is 268 g/mol. The second kappa shape index (κ2) is 5.97. The highest BCUT2D eigenvalue weighted by Gasteiger charge is 2.20. The summed E-state index contributed by atoms with van der Waals surface area (Å²) in [5.41, 5.74) is 0.0363. The minimum absolute atomic E-state index is 0.148. The Hall–Kier alpha value is -1.69. The lowest BCUT2D eigenvalue weighted by molar-refractivity contribution is -0.386. The van der Waals surface area contributed by atoms with Crippen LogP contribution in [-0.2, 0) is 0 Å². The van der Waals surface area contributed by atoms with E-state index < -0.39 is 10.7 Å². The molecule has 0 aromatic heterocycles. The molecule has 0 spiro atoms. The largest absolute Gasteiger partial charge is 0.486 e. The highest BCUT2D eigenvalue weighted by atomic mass is 19.1. The van der Waals surface area contributed by atoms with Crippen LogP contribution in [-0.4, -0.2) is 24.6 Å². The molecule has 1 aliphatic heterocycles. The molecule has 0 aliphatic carbocycles. The Morgan fingerprint density at radius 1 is 1.58 bits per heavy atom. The summed E-state index contributed by atoms with van der Waals surface area (Å²) in [5, 5.41) is 14.1. The summed E-state index contributed by atoms with van der Waals surface area (Å²) in [6.45, 7) is 3.84. The molecule has 0 radical (unpaired) electrons. The number of nitro groups is 1. The van der Waals surface area contributed by atoms with Crippen LogP contribution in [0.1, 0.15) is 18.4 Å². The molecule has 1 atom stereocenters. The van der Waals surface area contributed by atoms with Crippen LogP contribution in [0.4, 0.5) is 10.1 Å². The molecule has 2 rings (SSSR count). The lowest BCUT2D eigenvalue weighted by atomic mass is 10.0. The quantitative estimate of drug-likeness (QED) is 0.672. The lowest BCUT2D eigenvalue weighted by Gasteiger charge is -2.22. The third kappa shape index (κ3) is 3.41. The second-order valence-electron chi connectivity index (χ2n) is 4.85. The number of benzene rings is 1. The number of nitro benzene ring substituents is 1. The van der Waals surface area contributed by atoms with E-state index in [1.807, 2.05) is 0 Å². The van der Waals surface area contributed by atoms with Crippen LogP contribution in [0.25, 0.3) is 0 Å². The molecule has 0 saturated carbocycles. The number of hydrogen-bond acceptors (Lipinski definition) is 4. The van der Waals surface area contributed by atoms with Gasteiger partial charge >= 0.3 is 5.69 Å². The maximum Gasteiger partial charge on any atom is 0.313 e. The first kappa shape index (κ1) is 13.7. The molecule has 6 heteroatoms. The van der Waals surface area contributed by atoms with Crippen molar-refractivity contribution in [3.05, 3.63) is 33.6 Å². The SMILES string of the molecule is Cc1cc(OCC2CCCNC2)c([N+](=O)[O-])cc1F. The first-order chi connectivity index (χ1) is 9.08. The van der Waals surface area contributed by atoms with Gasteiger partial charge in [0, 0.05) is 12.5 Å². The number of halogens is 1. The van der Waals surface area contributed by atoms with Gasteiger partial charge in [-0.2, -0.15) is 0 Å². The summed E-state index contributed by atoms with van der Waals surface area (Å²) in [6, 6.07) is 2.31. The number of aryl methyl sites for hydroxylation is 1. The van der Waals surface area contributed by atoms with Crippen molar-refractivity contribution in [3.8, 4) is 5.75 Å². The predicted octanol–water partition coefficient (Wildman–Crippen LogP) is 2.42. The molecule has 0 bridgehead atoms. The van der Waals surface area contributed by atoms with E-state index in [1.54, 1.807) is 6.92 Å². The normalized spacial score (nSPS) is 19.2. The van der Waals surface area contributed by atoms with E-state index in [4.69, 9.17) is 4.74 Å². The number of ether oxygens (including phenoxy) is 1. The standard InChI is InChI=1S/C13H17FN2O3/c1-9-5-13(12(16(17)18)6-11(9)14)19-8-10-3-2-4-15-7-10/h5-6,10,15H,2-4,7-8H2,1H3. The van der Waals surface area contributed by atoms with Crippen molar-refractivity contribution in [1.82, 2.24) is 5.32 Å². The molecule has 1 aliphatic rings. The summed E-state index contributed by atoms with van der Waals surface area (Å²) in [5.74, 6) is -0.0911. The van der Waals surface area contributed by atoms with Gasteiger partial charge in [0.1, 0.15) is 5.82 Å². The van der Waals surface area contributed by atoms with E-state index in [2.05, 4.69) is 5.32 Å². The van der Waals surface area contributed by atoms with E-state index in [0.717, 1.165) is 32.0 Å². The van der Waals surface area contributed by atoms with E-state index in [9.17, 15) is 14.5 Å². The van der Waals surface area contributed by atoms with Crippen LogP contribution >= 0.6 is 0 Å². The van der Waals surface area contributed by atoms with Gasteiger partial charge in [0.15, 0.2) is 5.75 Å². The summed E-state index contributed by atoms with van der Waals surface area (Å²) in [7, 11) is 0. The molecule has 1 unspecified atom stereocenters. The molecular formula is C13H17FN2O3. The Kier molecular flexibility index (Phi) is 4.31. The zero-order chi connectivity index (χ0) is 13.8. The highest BCUT2D eigenvalue weighted by Crippen LogP contribution is 2.30. The zero-order valence-electron chi connectivity index (χ0n) is 10.8. The maximum atomic E-state index is 13.3. The summed E-state index contributed by atoms with van der Waals surface area (Å²) in [6.07, 6.45) is 2.12. The predicted molar refractivity (Wildman–Crippen MR) is 68.9 cm³/mol. The summed E-state index contributed by atoms with van der Waals surface area (Å²) < 4.78 is 18.9. The van der Waals surface area contributed by atoms with Crippen molar-refractivity contribution in [2.75, 3.05) is 19.7 Å². The van der Waals surface area contributed by atoms with Crippen molar-refractivity contribution in [1.29, 1.82) is 0 Å². The minimum Gasteiger partial charge on any atom is -0.486 e. The first-order valence-electron chi connectivity index (χ1n) is 6.36. The third-order valence-electron chi connectivity index (χ3n) is 3.31. The fourth-order valence-corrected chi connectivity index (χ4v) is 2.18. The van der Waals surface area contributed by atoms with Crippen LogP contribution in [0.15, 0.2) is 12.1 Å². The van der Waals surface area contributed by atoms with E-state index >= 15 is 0 Å². The number of nitrogens with zero attached hydrogens (tertiary/aromatic N) is 1. The zero-order valence-corrected chi connectivity index (χ0v) is 10.8. The molecule has 19 heavy (non-hydrogen) atoms. The maximum absolute atomic E-state index is 13.3. The van der Waals surface area contributed by atoms with Gasteiger partial charge in [0.25, 0.3) is 0 Å². The highest BCUT2D eigenvalue weighted by molar-refractivity contribution is 5.48. The monoisotopic (exact) mass is 268 g/mol. The first-order valence-corrected chi connectivity index (χ1v) is 6.36. The van der Waals surface area contributed by atoms with E-state index in [1.165, 1.54) is 6.07 Å². The Balaban J connectivity index is 2.09.